The van der Waals surface area contributed by atoms with Crippen molar-refractivity contribution in [3.63, 3.8) is 0 Å². The zero-order valence-electron chi connectivity index (χ0n) is 11.7. The molecule has 0 saturated carbocycles. The van der Waals surface area contributed by atoms with Gasteiger partial charge in [-0.2, -0.15) is 0 Å². The molecule has 1 amide bonds. The number of hydrogen-bond acceptors (Lipinski definition) is 3. The predicted octanol–water partition coefficient (Wildman–Crippen LogP) is 1.96. The van der Waals surface area contributed by atoms with Crippen molar-refractivity contribution in [2.45, 2.75) is 38.8 Å². The van der Waals surface area contributed by atoms with Crippen molar-refractivity contribution >= 4 is 11.9 Å². The van der Waals surface area contributed by atoms with Gasteiger partial charge in [-0.25, -0.2) is 4.79 Å². The fourth-order valence-electron chi connectivity index (χ4n) is 1.74. The minimum Gasteiger partial charge on any atom is -0.480 e. The van der Waals surface area contributed by atoms with Crippen molar-refractivity contribution < 1.29 is 19.4 Å². The molecule has 0 radical (unpaired) electrons. The second-order valence-electron chi connectivity index (χ2n) is 4.58. The van der Waals surface area contributed by atoms with Crippen LogP contribution in [0.2, 0.25) is 0 Å². The molecule has 0 fully saturated rings. The lowest BCUT2D eigenvalue weighted by Gasteiger charge is -2.14. The van der Waals surface area contributed by atoms with Crippen LogP contribution in [0, 0.1) is 0 Å². The molecular formula is C15H21NO4. The highest BCUT2D eigenvalue weighted by Gasteiger charge is 2.18. The van der Waals surface area contributed by atoms with Gasteiger partial charge >= 0.3 is 5.97 Å². The highest BCUT2D eigenvalue weighted by molar-refractivity contribution is 5.84. The molecule has 0 bridgehead atoms. The van der Waals surface area contributed by atoms with Gasteiger partial charge in [0.1, 0.15) is 12.6 Å². The van der Waals surface area contributed by atoms with Gasteiger partial charge in [-0.15, -0.1) is 0 Å². The molecular weight excluding hydrogens is 258 g/mol. The summed E-state index contributed by atoms with van der Waals surface area (Å²) >= 11 is 0. The molecule has 1 aromatic rings. The third-order valence-electron chi connectivity index (χ3n) is 2.82. The average Bonchev–Trinajstić information content (AvgIpc) is 2.44. The Morgan fingerprint density at radius 2 is 2.00 bits per heavy atom. The van der Waals surface area contributed by atoms with Crippen LogP contribution in [-0.4, -0.2) is 29.6 Å². The van der Waals surface area contributed by atoms with Crippen molar-refractivity contribution in [2.24, 2.45) is 0 Å². The summed E-state index contributed by atoms with van der Waals surface area (Å²) in [4.78, 5) is 22.6. The molecule has 1 aromatic carbocycles. The number of benzene rings is 1. The van der Waals surface area contributed by atoms with Crippen LogP contribution in [0.25, 0.3) is 0 Å². The normalized spacial score (nSPS) is 11.8. The van der Waals surface area contributed by atoms with E-state index in [1.54, 1.807) is 0 Å². The molecule has 5 heteroatoms. The van der Waals surface area contributed by atoms with E-state index in [2.05, 4.69) is 5.32 Å². The van der Waals surface area contributed by atoms with Crippen LogP contribution < -0.4 is 5.32 Å². The van der Waals surface area contributed by atoms with Crippen molar-refractivity contribution in [1.82, 2.24) is 5.32 Å². The second-order valence-corrected chi connectivity index (χ2v) is 4.58. The Hall–Kier alpha value is -1.88. The molecule has 1 unspecified atom stereocenters. The maximum Gasteiger partial charge on any atom is 0.326 e. The first-order valence-corrected chi connectivity index (χ1v) is 6.77. The van der Waals surface area contributed by atoms with Crippen LogP contribution in [0.5, 0.6) is 0 Å². The Bertz CT molecular complexity index is 419. The Morgan fingerprint density at radius 3 is 2.60 bits per heavy atom. The maximum absolute atomic E-state index is 11.6. The summed E-state index contributed by atoms with van der Waals surface area (Å²) in [6.07, 6.45) is 2.10. The Balaban J connectivity index is 2.29. The number of aliphatic carboxylic acids is 1. The fourth-order valence-corrected chi connectivity index (χ4v) is 1.74. The third kappa shape index (κ3) is 6.33. The van der Waals surface area contributed by atoms with Crippen LogP contribution >= 0.6 is 0 Å². The van der Waals surface area contributed by atoms with E-state index in [-0.39, 0.29) is 6.61 Å². The summed E-state index contributed by atoms with van der Waals surface area (Å²) < 4.78 is 5.26. The van der Waals surface area contributed by atoms with E-state index in [1.165, 1.54) is 0 Å². The van der Waals surface area contributed by atoms with Crippen LogP contribution in [0.1, 0.15) is 31.7 Å². The van der Waals surface area contributed by atoms with Crippen molar-refractivity contribution in [2.75, 3.05) is 6.61 Å². The van der Waals surface area contributed by atoms with Gasteiger partial charge in [-0.3, -0.25) is 4.79 Å². The van der Waals surface area contributed by atoms with E-state index in [0.29, 0.717) is 13.0 Å². The molecule has 1 atom stereocenters. The first kappa shape index (κ1) is 16.2. The van der Waals surface area contributed by atoms with Gasteiger partial charge in [-0.05, 0) is 12.0 Å². The lowest BCUT2D eigenvalue weighted by molar-refractivity contribution is -0.142. The average molecular weight is 279 g/mol. The van der Waals surface area contributed by atoms with E-state index in [9.17, 15) is 9.59 Å². The summed E-state index contributed by atoms with van der Waals surface area (Å²) in [5.74, 6) is -1.40. The topological polar surface area (TPSA) is 75.6 Å². The first-order valence-electron chi connectivity index (χ1n) is 6.77. The second kappa shape index (κ2) is 9.09. The molecule has 0 aliphatic heterocycles. The summed E-state index contributed by atoms with van der Waals surface area (Å²) in [6.45, 7) is 2.18. The summed E-state index contributed by atoms with van der Waals surface area (Å²) in [7, 11) is 0. The Kier molecular flexibility index (Phi) is 7.35. The third-order valence-corrected chi connectivity index (χ3v) is 2.82. The van der Waals surface area contributed by atoms with E-state index in [4.69, 9.17) is 9.84 Å². The maximum atomic E-state index is 11.6. The molecule has 0 heterocycles. The standard InChI is InChI=1S/C15H21NO4/c1-2-3-9-13(15(18)19)16-14(17)11-20-10-12-7-5-4-6-8-12/h4-8,13H,2-3,9-11H2,1H3,(H,16,17)(H,18,19). The van der Waals surface area contributed by atoms with E-state index in [0.717, 1.165) is 18.4 Å². The molecule has 0 spiro atoms. The van der Waals surface area contributed by atoms with Crippen LogP contribution in [0.15, 0.2) is 30.3 Å². The van der Waals surface area contributed by atoms with Gasteiger partial charge in [0.25, 0.3) is 0 Å². The lowest BCUT2D eigenvalue weighted by atomic mass is 10.1. The molecule has 0 aromatic heterocycles. The number of carboxylic acids is 1. The largest absolute Gasteiger partial charge is 0.480 e. The number of nitrogens with one attached hydrogen (secondary N) is 1. The number of unbranched alkanes of at least 4 members (excludes halogenated alkanes) is 1. The van der Waals surface area contributed by atoms with E-state index in [1.807, 2.05) is 37.3 Å². The molecule has 110 valence electrons. The Labute approximate surface area is 118 Å². The zero-order chi connectivity index (χ0) is 14.8. The molecule has 5 nitrogen and oxygen atoms in total. The van der Waals surface area contributed by atoms with Gasteiger partial charge in [0.2, 0.25) is 5.91 Å². The van der Waals surface area contributed by atoms with Gasteiger partial charge in [0.05, 0.1) is 6.61 Å². The highest BCUT2D eigenvalue weighted by Crippen LogP contribution is 2.02. The van der Waals surface area contributed by atoms with Gasteiger partial charge < -0.3 is 15.2 Å². The summed E-state index contributed by atoms with van der Waals surface area (Å²) in [6, 6.07) is 8.66. The quantitative estimate of drug-likeness (QED) is 0.724. The van der Waals surface area contributed by atoms with Gasteiger partial charge in [0, 0.05) is 0 Å². The minimum atomic E-state index is -1.00. The number of hydrogen-bond donors (Lipinski definition) is 2. The summed E-state index contributed by atoms with van der Waals surface area (Å²) in [5, 5.41) is 11.5. The molecule has 2 N–H and O–H groups in total. The molecule has 0 aliphatic carbocycles. The number of amides is 1. The fraction of sp³-hybridized carbons (Fsp3) is 0.467. The Morgan fingerprint density at radius 1 is 1.30 bits per heavy atom. The number of rotatable bonds is 9. The number of carbonyl (C=O) groups is 2. The molecule has 20 heavy (non-hydrogen) atoms. The van der Waals surface area contributed by atoms with E-state index >= 15 is 0 Å². The molecule has 0 saturated heterocycles. The van der Waals surface area contributed by atoms with Crippen LogP contribution in [-0.2, 0) is 20.9 Å². The SMILES string of the molecule is CCCCC(NC(=O)COCc1ccccc1)C(=O)O. The van der Waals surface area contributed by atoms with Crippen LogP contribution in [0.3, 0.4) is 0 Å². The molecule has 0 aliphatic rings. The smallest absolute Gasteiger partial charge is 0.326 e. The highest BCUT2D eigenvalue weighted by atomic mass is 16.5. The van der Waals surface area contributed by atoms with E-state index < -0.39 is 17.9 Å². The first-order chi connectivity index (χ1) is 9.63. The van der Waals surface area contributed by atoms with Gasteiger partial charge in [-0.1, -0.05) is 50.1 Å². The monoisotopic (exact) mass is 279 g/mol. The van der Waals surface area contributed by atoms with Crippen molar-refractivity contribution in [3.8, 4) is 0 Å². The van der Waals surface area contributed by atoms with Crippen molar-refractivity contribution in [1.29, 1.82) is 0 Å². The predicted molar refractivity (Wildman–Crippen MR) is 75.2 cm³/mol. The summed E-state index contributed by atoms with van der Waals surface area (Å²) in [5.41, 5.74) is 0.973. The number of ether oxygens (including phenoxy) is 1. The van der Waals surface area contributed by atoms with Crippen LogP contribution in [0.4, 0.5) is 0 Å². The van der Waals surface area contributed by atoms with Crippen molar-refractivity contribution in [3.05, 3.63) is 35.9 Å². The minimum absolute atomic E-state index is 0.134. The molecule has 1 rings (SSSR count). The number of carbonyl (C=O) groups excluding carboxylic acids is 1. The zero-order valence-corrected chi connectivity index (χ0v) is 11.7. The lowest BCUT2D eigenvalue weighted by Crippen LogP contribution is -2.42. The number of carboxylic acid groups (broad SMARTS) is 1. The van der Waals surface area contributed by atoms with Gasteiger partial charge in [0.15, 0.2) is 0 Å².